The molecule has 1 unspecified atom stereocenters. The molecule has 1 atom stereocenters. The quantitative estimate of drug-likeness (QED) is 0.796. The van der Waals surface area contributed by atoms with Crippen molar-refractivity contribution in [3.8, 4) is 0 Å². The Morgan fingerprint density at radius 3 is 2.33 bits per heavy atom. The van der Waals surface area contributed by atoms with Crippen molar-refractivity contribution < 1.29 is 4.79 Å². The standard InChI is InChI=1S/C14H21N3O/c1-10(11-2-4-13(15)5-3-11)17-8-6-12(7-9-17)14(16)18/h2-5,10,12H,6-9,15H2,1H3,(H2,16,18). The maximum atomic E-state index is 11.1. The van der Waals surface area contributed by atoms with Crippen LogP contribution < -0.4 is 11.5 Å². The summed E-state index contributed by atoms with van der Waals surface area (Å²) >= 11 is 0. The molecule has 18 heavy (non-hydrogen) atoms. The molecular formula is C14H21N3O. The minimum Gasteiger partial charge on any atom is -0.399 e. The summed E-state index contributed by atoms with van der Waals surface area (Å²) in [6.07, 6.45) is 1.74. The second kappa shape index (κ2) is 5.40. The lowest BCUT2D eigenvalue weighted by atomic mass is 9.94. The highest BCUT2D eigenvalue weighted by atomic mass is 16.1. The third-order valence-electron chi connectivity index (χ3n) is 3.90. The number of rotatable bonds is 3. The van der Waals surface area contributed by atoms with Gasteiger partial charge in [-0.15, -0.1) is 0 Å². The zero-order chi connectivity index (χ0) is 13.1. The number of benzene rings is 1. The van der Waals surface area contributed by atoms with Gasteiger partial charge in [-0.2, -0.15) is 0 Å². The van der Waals surface area contributed by atoms with E-state index < -0.39 is 0 Å². The van der Waals surface area contributed by atoms with Crippen molar-refractivity contribution in [1.29, 1.82) is 0 Å². The van der Waals surface area contributed by atoms with E-state index in [1.807, 2.05) is 12.1 Å². The summed E-state index contributed by atoms with van der Waals surface area (Å²) in [7, 11) is 0. The molecule has 4 N–H and O–H groups in total. The summed E-state index contributed by atoms with van der Waals surface area (Å²) in [6, 6.07) is 8.36. The van der Waals surface area contributed by atoms with Crippen molar-refractivity contribution in [2.45, 2.75) is 25.8 Å². The highest BCUT2D eigenvalue weighted by Crippen LogP contribution is 2.26. The molecule has 0 aliphatic carbocycles. The second-order valence-electron chi connectivity index (χ2n) is 5.06. The summed E-state index contributed by atoms with van der Waals surface area (Å²) in [5.41, 5.74) is 13.1. The third kappa shape index (κ3) is 2.82. The summed E-state index contributed by atoms with van der Waals surface area (Å²) in [4.78, 5) is 13.5. The average Bonchev–Trinajstić information content (AvgIpc) is 2.39. The number of nitrogen functional groups attached to an aromatic ring is 1. The van der Waals surface area contributed by atoms with E-state index in [9.17, 15) is 4.79 Å². The number of nitrogens with two attached hydrogens (primary N) is 2. The van der Waals surface area contributed by atoms with Gasteiger partial charge in [0.05, 0.1) is 0 Å². The highest BCUT2D eigenvalue weighted by molar-refractivity contribution is 5.76. The molecule has 1 amide bonds. The van der Waals surface area contributed by atoms with E-state index in [-0.39, 0.29) is 11.8 Å². The van der Waals surface area contributed by atoms with Crippen LogP contribution in [0.2, 0.25) is 0 Å². The van der Waals surface area contributed by atoms with E-state index in [4.69, 9.17) is 11.5 Å². The number of likely N-dealkylation sites (tertiary alicyclic amines) is 1. The Morgan fingerprint density at radius 1 is 1.28 bits per heavy atom. The topological polar surface area (TPSA) is 72.3 Å². The van der Waals surface area contributed by atoms with Crippen molar-refractivity contribution in [1.82, 2.24) is 4.90 Å². The fraction of sp³-hybridized carbons (Fsp3) is 0.500. The van der Waals surface area contributed by atoms with E-state index in [1.165, 1.54) is 5.56 Å². The largest absolute Gasteiger partial charge is 0.399 e. The summed E-state index contributed by atoms with van der Waals surface area (Å²) in [6.45, 7) is 4.05. The summed E-state index contributed by atoms with van der Waals surface area (Å²) < 4.78 is 0. The molecule has 0 saturated carbocycles. The van der Waals surface area contributed by atoms with Gasteiger partial charge >= 0.3 is 0 Å². The fourth-order valence-corrected chi connectivity index (χ4v) is 2.56. The maximum Gasteiger partial charge on any atom is 0.220 e. The first-order valence-corrected chi connectivity index (χ1v) is 6.46. The molecule has 1 heterocycles. The molecule has 1 saturated heterocycles. The predicted octanol–water partition coefficient (Wildman–Crippen LogP) is 1.53. The second-order valence-corrected chi connectivity index (χ2v) is 5.06. The van der Waals surface area contributed by atoms with E-state index >= 15 is 0 Å². The van der Waals surface area contributed by atoms with Crippen LogP contribution in [0.1, 0.15) is 31.4 Å². The fourth-order valence-electron chi connectivity index (χ4n) is 2.56. The molecule has 0 aromatic heterocycles. The summed E-state index contributed by atoms with van der Waals surface area (Å²) in [5, 5.41) is 0. The lowest BCUT2D eigenvalue weighted by Crippen LogP contribution is -2.39. The zero-order valence-corrected chi connectivity index (χ0v) is 10.8. The minimum absolute atomic E-state index is 0.0554. The number of anilines is 1. The van der Waals surface area contributed by atoms with Crippen molar-refractivity contribution in [3.05, 3.63) is 29.8 Å². The zero-order valence-electron chi connectivity index (χ0n) is 10.8. The van der Waals surface area contributed by atoms with Gasteiger partial charge in [0.25, 0.3) is 0 Å². The van der Waals surface area contributed by atoms with E-state index in [0.717, 1.165) is 31.6 Å². The normalized spacial score (nSPS) is 19.6. The first-order valence-electron chi connectivity index (χ1n) is 6.46. The van der Waals surface area contributed by atoms with Gasteiger partial charge in [0.1, 0.15) is 0 Å². The Hall–Kier alpha value is -1.55. The van der Waals surface area contributed by atoms with E-state index in [1.54, 1.807) is 0 Å². The molecule has 1 fully saturated rings. The van der Waals surface area contributed by atoms with Gasteiger partial charge in [0.2, 0.25) is 5.91 Å². The van der Waals surface area contributed by atoms with Crippen LogP contribution in [0.4, 0.5) is 5.69 Å². The Labute approximate surface area is 108 Å². The maximum absolute atomic E-state index is 11.1. The molecule has 0 bridgehead atoms. The number of carbonyl (C=O) groups is 1. The van der Waals surface area contributed by atoms with Crippen molar-refractivity contribution >= 4 is 11.6 Å². The van der Waals surface area contributed by atoms with Crippen molar-refractivity contribution in [3.63, 3.8) is 0 Å². The van der Waals surface area contributed by atoms with Crippen molar-refractivity contribution in [2.75, 3.05) is 18.8 Å². The number of primary amides is 1. The molecule has 98 valence electrons. The number of nitrogens with zero attached hydrogens (tertiary/aromatic N) is 1. The smallest absolute Gasteiger partial charge is 0.220 e. The molecule has 1 aliphatic rings. The molecule has 4 heteroatoms. The minimum atomic E-state index is -0.158. The molecule has 4 nitrogen and oxygen atoms in total. The predicted molar refractivity (Wildman–Crippen MR) is 72.8 cm³/mol. The molecule has 0 radical (unpaired) electrons. The van der Waals surface area contributed by atoms with Crippen LogP contribution in [0.3, 0.4) is 0 Å². The van der Waals surface area contributed by atoms with E-state index in [0.29, 0.717) is 6.04 Å². The van der Waals surface area contributed by atoms with Crippen LogP contribution in [0.15, 0.2) is 24.3 Å². The molecule has 0 spiro atoms. The van der Waals surface area contributed by atoms with Gasteiger partial charge in [-0.25, -0.2) is 0 Å². The Balaban J connectivity index is 1.97. The molecular weight excluding hydrogens is 226 g/mol. The van der Waals surface area contributed by atoms with Crippen LogP contribution in [0.25, 0.3) is 0 Å². The van der Waals surface area contributed by atoms with E-state index in [2.05, 4.69) is 24.0 Å². The summed E-state index contributed by atoms with van der Waals surface area (Å²) in [5.74, 6) is -0.102. The molecule has 1 aromatic rings. The van der Waals surface area contributed by atoms with Crippen LogP contribution in [-0.2, 0) is 4.79 Å². The van der Waals surface area contributed by atoms with Gasteiger partial charge in [-0.3, -0.25) is 9.69 Å². The van der Waals surface area contributed by atoms with Gasteiger partial charge in [-0.1, -0.05) is 12.1 Å². The first-order chi connectivity index (χ1) is 8.58. The van der Waals surface area contributed by atoms with Crippen LogP contribution in [0.5, 0.6) is 0 Å². The van der Waals surface area contributed by atoms with Gasteiger partial charge < -0.3 is 11.5 Å². The van der Waals surface area contributed by atoms with Crippen LogP contribution in [-0.4, -0.2) is 23.9 Å². The average molecular weight is 247 g/mol. The Bertz CT molecular complexity index is 408. The highest BCUT2D eigenvalue weighted by Gasteiger charge is 2.26. The van der Waals surface area contributed by atoms with Crippen LogP contribution in [0, 0.1) is 5.92 Å². The van der Waals surface area contributed by atoms with Crippen molar-refractivity contribution in [2.24, 2.45) is 11.7 Å². The molecule has 2 rings (SSSR count). The lowest BCUT2D eigenvalue weighted by Gasteiger charge is -2.35. The Morgan fingerprint density at radius 2 is 1.83 bits per heavy atom. The number of carbonyl (C=O) groups excluding carboxylic acids is 1. The number of piperidine rings is 1. The van der Waals surface area contributed by atoms with Crippen LogP contribution >= 0.6 is 0 Å². The molecule has 1 aromatic carbocycles. The third-order valence-corrected chi connectivity index (χ3v) is 3.90. The number of hydrogen-bond donors (Lipinski definition) is 2. The van der Waals surface area contributed by atoms with Gasteiger partial charge in [0, 0.05) is 17.6 Å². The SMILES string of the molecule is CC(c1ccc(N)cc1)N1CCC(C(N)=O)CC1. The Kier molecular flexibility index (Phi) is 3.87. The number of amides is 1. The van der Waals surface area contributed by atoms with Gasteiger partial charge in [-0.05, 0) is 50.6 Å². The van der Waals surface area contributed by atoms with Gasteiger partial charge in [0.15, 0.2) is 0 Å². The monoisotopic (exact) mass is 247 g/mol. The number of hydrogen-bond acceptors (Lipinski definition) is 3. The molecule has 1 aliphatic heterocycles. The lowest BCUT2D eigenvalue weighted by molar-refractivity contribution is -0.123. The first kappa shape index (κ1) is 12.9.